The molecule has 0 amide bonds. The van der Waals surface area contributed by atoms with Gasteiger partial charge in [0.25, 0.3) is 0 Å². The summed E-state index contributed by atoms with van der Waals surface area (Å²) in [4.78, 5) is 25.3. The van der Waals surface area contributed by atoms with Crippen LogP contribution in [0.5, 0.6) is 5.75 Å². The number of ether oxygens (including phenoxy) is 1. The number of rotatable bonds is 12. The maximum atomic E-state index is 12.5. The fraction of sp³-hybridized carbons (Fsp3) is 0.417. The summed E-state index contributed by atoms with van der Waals surface area (Å²) in [7, 11) is 1.69. The van der Waals surface area contributed by atoms with Crippen molar-refractivity contribution in [2.24, 2.45) is 0 Å². The van der Waals surface area contributed by atoms with Crippen molar-refractivity contribution in [2.45, 2.75) is 32.1 Å². The number of nitrogens with zero attached hydrogens (tertiary/aromatic N) is 1. The van der Waals surface area contributed by atoms with Gasteiger partial charge in [0.2, 0.25) is 0 Å². The summed E-state index contributed by atoms with van der Waals surface area (Å²) in [6.07, 6.45) is 4.04. The molecule has 0 unspecified atom stereocenters. The number of nitrogens with one attached hydrogen (secondary N) is 1. The Hall–Kier alpha value is -2.86. The summed E-state index contributed by atoms with van der Waals surface area (Å²) in [6, 6.07) is 13.7. The molecule has 1 aliphatic rings. The van der Waals surface area contributed by atoms with Gasteiger partial charge in [-0.2, -0.15) is 0 Å². The van der Waals surface area contributed by atoms with Gasteiger partial charge in [0, 0.05) is 24.2 Å². The lowest BCUT2D eigenvalue weighted by molar-refractivity contribution is -0.135. The molecule has 160 valence electrons. The first-order valence-corrected chi connectivity index (χ1v) is 10.5. The first-order chi connectivity index (χ1) is 14.6. The minimum absolute atomic E-state index is 0.00431. The van der Waals surface area contributed by atoms with Gasteiger partial charge in [-0.25, -0.2) is 0 Å². The third-order valence-electron chi connectivity index (χ3n) is 5.49. The molecule has 0 radical (unpaired) electrons. The third-order valence-corrected chi connectivity index (χ3v) is 5.49. The predicted octanol–water partition coefficient (Wildman–Crippen LogP) is 3.33. The smallest absolute Gasteiger partial charge is 0.323 e. The first kappa shape index (κ1) is 21.8. The summed E-state index contributed by atoms with van der Waals surface area (Å²) in [5.41, 5.74) is 3.93. The van der Waals surface area contributed by atoms with E-state index in [0.717, 1.165) is 61.3 Å². The SMILES string of the molecule is COc1ccccc1CCNCCCCC(=O)c1ccc2c(c1)CCN2CC(=O)O. The van der Waals surface area contributed by atoms with Gasteiger partial charge < -0.3 is 20.1 Å². The Morgan fingerprint density at radius 3 is 2.77 bits per heavy atom. The average molecular weight is 411 g/mol. The molecule has 0 atom stereocenters. The number of anilines is 1. The summed E-state index contributed by atoms with van der Waals surface area (Å²) in [6.45, 7) is 2.47. The second kappa shape index (κ2) is 10.8. The summed E-state index contributed by atoms with van der Waals surface area (Å²) >= 11 is 0. The number of ketones is 1. The highest BCUT2D eigenvalue weighted by Crippen LogP contribution is 2.29. The predicted molar refractivity (Wildman–Crippen MR) is 118 cm³/mol. The summed E-state index contributed by atoms with van der Waals surface area (Å²) in [5, 5.41) is 12.4. The zero-order valence-electron chi connectivity index (χ0n) is 17.5. The molecule has 30 heavy (non-hydrogen) atoms. The van der Waals surface area contributed by atoms with Crippen molar-refractivity contribution in [1.29, 1.82) is 0 Å². The van der Waals surface area contributed by atoms with E-state index in [1.807, 2.05) is 41.3 Å². The molecule has 1 heterocycles. The molecule has 0 saturated carbocycles. The molecule has 0 saturated heterocycles. The largest absolute Gasteiger partial charge is 0.496 e. The number of para-hydroxylation sites is 1. The van der Waals surface area contributed by atoms with Crippen LogP contribution in [0, 0.1) is 0 Å². The average Bonchev–Trinajstić information content (AvgIpc) is 3.14. The number of benzene rings is 2. The van der Waals surface area contributed by atoms with Crippen molar-refractivity contribution < 1.29 is 19.4 Å². The van der Waals surface area contributed by atoms with E-state index in [1.165, 1.54) is 5.56 Å². The van der Waals surface area contributed by atoms with Crippen LogP contribution in [-0.2, 0) is 17.6 Å². The van der Waals surface area contributed by atoms with E-state index in [0.29, 0.717) is 13.0 Å². The third kappa shape index (κ3) is 5.83. The molecule has 3 rings (SSSR count). The topological polar surface area (TPSA) is 78.9 Å². The van der Waals surface area contributed by atoms with Crippen molar-refractivity contribution in [1.82, 2.24) is 5.32 Å². The lowest BCUT2D eigenvalue weighted by atomic mass is 10.0. The Labute approximate surface area is 177 Å². The number of carbonyl (C=O) groups excluding carboxylic acids is 1. The number of unbranched alkanes of at least 4 members (excludes halogenated alkanes) is 1. The van der Waals surface area contributed by atoms with Crippen LogP contribution in [0.15, 0.2) is 42.5 Å². The minimum atomic E-state index is -0.834. The van der Waals surface area contributed by atoms with Crippen LogP contribution >= 0.6 is 0 Å². The molecule has 0 aliphatic carbocycles. The van der Waals surface area contributed by atoms with E-state index in [2.05, 4.69) is 11.4 Å². The van der Waals surface area contributed by atoms with E-state index in [4.69, 9.17) is 9.84 Å². The van der Waals surface area contributed by atoms with Crippen LogP contribution in [-0.4, -0.2) is 50.1 Å². The standard InChI is InChI=1S/C24H30N2O4/c1-30-23-8-3-2-6-18(23)11-14-25-13-5-4-7-22(27)20-9-10-21-19(16-20)12-15-26(21)17-24(28)29/h2-3,6,8-10,16,25H,4-5,7,11-15,17H2,1H3,(H,28,29). The van der Waals surface area contributed by atoms with E-state index >= 15 is 0 Å². The molecule has 1 aliphatic heterocycles. The van der Waals surface area contributed by atoms with Crippen molar-refractivity contribution >= 4 is 17.4 Å². The number of hydrogen-bond acceptors (Lipinski definition) is 5. The van der Waals surface area contributed by atoms with Crippen LogP contribution in [0.25, 0.3) is 0 Å². The fourth-order valence-corrected chi connectivity index (χ4v) is 3.91. The van der Waals surface area contributed by atoms with Crippen LogP contribution in [0.4, 0.5) is 5.69 Å². The van der Waals surface area contributed by atoms with Crippen LogP contribution in [0.2, 0.25) is 0 Å². The zero-order valence-corrected chi connectivity index (χ0v) is 17.5. The molecule has 2 aromatic carbocycles. The van der Waals surface area contributed by atoms with Crippen molar-refractivity contribution in [3.05, 3.63) is 59.2 Å². The first-order valence-electron chi connectivity index (χ1n) is 10.5. The Bertz CT molecular complexity index is 881. The van der Waals surface area contributed by atoms with Gasteiger partial charge in [-0.05, 0) is 74.2 Å². The molecule has 0 aromatic heterocycles. The van der Waals surface area contributed by atoms with Crippen molar-refractivity contribution in [3.63, 3.8) is 0 Å². The van der Waals surface area contributed by atoms with E-state index < -0.39 is 5.97 Å². The number of fused-ring (bicyclic) bond motifs is 1. The van der Waals surface area contributed by atoms with Gasteiger partial charge in [-0.3, -0.25) is 9.59 Å². The number of methoxy groups -OCH3 is 1. The number of hydrogen-bond donors (Lipinski definition) is 2. The van der Waals surface area contributed by atoms with E-state index in [-0.39, 0.29) is 12.3 Å². The van der Waals surface area contributed by atoms with Crippen LogP contribution in [0.1, 0.15) is 40.7 Å². The van der Waals surface area contributed by atoms with Gasteiger partial charge in [0.15, 0.2) is 5.78 Å². The maximum Gasteiger partial charge on any atom is 0.323 e. The van der Waals surface area contributed by atoms with E-state index in [1.54, 1.807) is 7.11 Å². The molecular formula is C24H30N2O4. The number of carboxylic acid groups (broad SMARTS) is 1. The van der Waals surface area contributed by atoms with Crippen LogP contribution in [0.3, 0.4) is 0 Å². The number of carboxylic acids is 1. The highest BCUT2D eigenvalue weighted by atomic mass is 16.5. The van der Waals surface area contributed by atoms with Crippen molar-refractivity contribution in [2.75, 3.05) is 38.2 Å². The molecule has 6 nitrogen and oxygen atoms in total. The summed E-state index contributed by atoms with van der Waals surface area (Å²) in [5.74, 6) is 0.244. The maximum absolute atomic E-state index is 12.5. The highest BCUT2D eigenvalue weighted by Gasteiger charge is 2.22. The fourth-order valence-electron chi connectivity index (χ4n) is 3.91. The van der Waals surface area contributed by atoms with Crippen LogP contribution < -0.4 is 15.0 Å². The number of carbonyl (C=O) groups is 2. The monoisotopic (exact) mass is 410 g/mol. The van der Waals surface area contributed by atoms with Gasteiger partial charge in [-0.15, -0.1) is 0 Å². The molecule has 0 fully saturated rings. The molecule has 0 spiro atoms. The zero-order chi connectivity index (χ0) is 21.3. The van der Waals surface area contributed by atoms with Crippen molar-refractivity contribution in [3.8, 4) is 5.75 Å². The number of aliphatic carboxylic acids is 1. The molecule has 2 N–H and O–H groups in total. The number of Topliss-reactive ketones (excluding diaryl/α,β-unsaturated/α-hetero) is 1. The highest BCUT2D eigenvalue weighted by molar-refractivity contribution is 5.97. The molecule has 6 heteroatoms. The normalized spacial score (nSPS) is 12.6. The quantitative estimate of drug-likeness (QED) is 0.413. The Kier molecular flexibility index (Phi) is 7.85. The van der Waals surface area contributed by atoms with E-state index in [9.17, 15) is 9.59 Å². The second-order valence-corrected chi connectivity index (χ2v) is 7.60. The second-order valence-electron chi connectivity index (χ2n) is 7.60. The lowest BCUT2D eigenvalue weighted by Crippen LogP contribution is -2.27. The molecule has 2 aromatic rings. The Balaban J connectivity index is 1.36. The van der Waals surface area contributed by atoms with Gasteiger partial charge in [-0.1, -0.05) is 18.2 Å². The Morgan fingerprint density at radius 1 is 1.13 bits per heavy atom. The van der Waals surface area contributed by atoms with Gasteiger partial charge >= 0.3 is 5.97 Å². The lowest BCUT2D eigenvalue weighted by Gasteiger charge is -2.16. The van der Waals surface area contributed by atoms with Gasteiger partial charge in [0.1, 0.15) is 12.3 Å². The Morgan fingerprint density at radius 2 is 1.97 bits per heavy atom. The minimum Gasteiger partial charge on any atom is -0.496 e. The summed E-state index contributed by atoms with van der Waals surface area (Å²) < 4.78 is 5.37. The molecular weight excluding hydrogens is 380 g/mol. The van der Waals surface area contributed by atoms with Gasteiger partial charge in [0.05, 0.1) is 7.11 Å². The molecule has 0 bridgehead atoms.